The third-order valence-corrected chi connectivity index (χ3v) is 3.70. The monoisotopic (exact) mass is 283 g/mol. The van der Waals surface area contributed by atoms with Crippen LogP contribution in [0.3, 0.4) is 0 Å². The van der Waals surface area contributed by atoms with E-state index in [1.165, 1.54) is 25.7 Å². The van der Waals surface area contributed by atoms with Crippen molar-refractivity contribution in [2.75, 3.05) is 6.54 Å². The maximum absolute atomic E-state index is 14.0. The van der Waals surface area contributed by atoms with Crippen molar-refractivity contribution in [3.8, 4) is 0 Å². The molecule has 0 amide bonds. The molecule has 0 bridgehead atoms. The van der Waals surface area contributed by atoms with Crippen LogP contribution in [0, 0.1) is 18.6 Å². The van der Waals surface area contributed by atoms with Gasteiger partial charge in [-0.1, -0.05) is 46.0 Å². The molecule has 3 heteroatoms. The van der Waals surface area contributed by atoms with E-state index in [2.05, 4.69) is 12.2 Å². The SMILES string of the molecule is CCCCCCCC(NCC)c1cc(C)c(F)cc1F. The Hall–Kier alpha value is -0.960. The highest BCUT2D eigenvalue weighted by Crippen LogP contribution is 2.25. The lowest BCUT2D eigenvalue weighted by Gasteiger charge is -2.19. The molecule has 1 aromatic carbocycles. The first-order valence-corrected chi connectivity index (χ1v) is 7.79. The van der Waals surface area contributed by atoms with Gasteiger partial charge in [-0.2, -0.15) is 0 Å². The molecule has 20 heavy (non-hydrogen) atoms. The summed E-state index contributed by atoms with van der Waals surface area (Å²) in [4.78, 5) is 0. The van der Waals surface area contributed by atoms with Gasteiger partial charge in [0.25, 0.3) is 0 Å². The molecule has 0 fully saturated rings. The first kappa shape index (κ1) is 17.1. The molecular weight excluding hydrogens is 256 g/mol. The molecule has 0 spiro atoms. The minimum absolute atomic E-state index is 0.0130. The van der Waals surface area contributed by atoms with E-state index in [1.54, 1.807) is 13.0 Å². The Morgan fingerprint density at radius 3 is 2.35 bits per heavy atom. The van der Waals surface area contributed by atoms with Gasteiger partial charge in [-0.3, -0.25) is 0 Å². The molecule has 1 unspecified atom stereocenters. The average molecular weight is 283 g/mol. The minimum Gasteiger partial charge on any atom is -0.310 e. The van der Waals surface area contributed by atoms with Crippen LogP contribution in [0.4, 0.5) is 8.78 Å². The standard InChI is InChI=1S/C17H27F2N/c1-4-6-7-8-9-10-17(20-5-2)14-11-13(3)15(18)12-16(14)19/h11-12,17,20H,4-10H2,1-3H3. The van der Waals surface area contributed by atoms with Crippen LogP contribution in [0.2, 0.25) is 0 Å². The van der Waals surface area contributed by atoms with E-state index in [4.69, 9.17) is 0 Å². The fourth-order valence-electron chi connectivity index (χ4n) is 2.51. The molecular formula is C17H27F2N. The lowest BCUT2D eigenvalue weighted by atomic mass is 9.97. The molecule has 1 aromatic rings. The zero-order valence-electron chi connectivity index (χ0n) is 12.9. The minimum atomic E-state index is -0.468. The summed E-state index contributed by atoms with van der Waals surface area (Å²) >= 11 is 0. The van der Waals surface area contributed by atoms with Crippen LogP contribution in [0.25, 0.3) is 0 Å². The molecule has 0 aliphatic carbocycles. The summed E-state index contributed by atoms with van der Waals surface area (Å²) in [6, 6.07) is 2.64. The average Bonchev–Trinajstić information content (AvgIpc) is 2.41. The molecule has 1 N–H and O–H groups in total. The lowest BCUT2D eigenvalue weighted by Crippen LogP contribution is -2.22. The van der Waals surface area contributed by atoms with Crippen LogP contribution in [0.15, 0.2) is 12.1 Å². The number of hydrogen-bond acceptors (Lipinski definition) is 1. The van der Waals surface area contributed by atoms with Crippen molar-refractivity contribution in [2.24, 2.45) is 0 Å². The van der Waals surface area contributed by atoms with Crippen LogP contribution in [-0.4, -0.2) is 6.54 Å². The van der Waals surface area contributed by atoms with E-state index in [9.17, 15) is 8.78 Å². The van der Waals surface area contributed by atoms with E-state index in [1.807, 2.05) is 6.92 Å². The molecule has 114 valence electrons. The van der Waals surface area contributed by atoms with Gasteiger partial charge in [0.15, 0.2) is 0 Å². The molecule has 0 aliphatic rings. The van der Waals surface area contributed by atoms with Gasteiger partial charge in [-0.05, 0) is 31.5 Å². The number of hydrogen-bond donors (Lipinski definition) is 1. The number of halogens is 2. The van der Waals surface area contributed by atoms with Gasteiger partial charge in [0, 0.05) is 17.7 Å². The molecule has 0 aromatic heterocycles. The summed E-state index contributed by atoms with van der Waals surface area (Å²) in [5.74, 6) is -0.906. The van der Waals surface area contributed by atoms with Crippen molar-refractivity contribution in [2.45, 2.75) is 65.3 Å². The van der Waals surface area contributed by atoms with Gasteiger partial charge < -0.3 is 5.32 Å². The Labute approximate surface area is 121 Å². The Kier molecular flexibility index (Phi) is 7.75. The van der Waals surface area contributed by atoms with Gasteiger partial charge in [0.2, 0.25) is 0 Å². The van der Waals surface area contributed by atoms with E-state index < -0.39 is 11.6 Å². The molecule has 0 radical (unpaired) electrons. The zero-order chi connectivity index (χ0) is 15.0. The third kappa shape index (κ3) is 5.20. The lowest BCUT2D eigenvalue weighted by molar-refractivity contribution is 0.455. The largest absolute Gasteiger partial charge is 0.310 e. The summed E-state index contributed by atoms with van der Waals surface area (Å²) in [6.45, 7) is 6.68. The molecule has 0 saturated heterocycles. The van der Waals surface area contributed by atoms with Crippen LogP contribution in [0.5, 0.6) is 0 Å². The number of unbranched alkanes of at least 4 members (excludes halogenated alkanes) is 4. The van der Waals surface area contributed by atoms with Gasteiger partial charge in [-0.25, -0.2) is 8.78 Å². The first-order valence-electron chi connectivity index (χ1n) is 7.79. The highest BCUT2D eigenvalue weighted by atomic mass is 19.1. The molecule has 0 aliphatic heterocycles. The summed E-state index contributed by atoms with van der Waals surface area (Å²) in [5.41, 5.74) is 1.11. The van der Waals surface area contributed by atoms with E-state index >= 15 is 0 Å². The summed E-state index contributed by atoms with van der Waals surface area (Å²) in [6.07, 6.45) is 6.88. The normalized spacial score (nSPS) is 12.7. The highest BCUT2D eigenvalue weighted by Gasteiger charge is 2.16. The van der Waals surface area contributed by atoms with Crippen LogP contribution in [0.1, 0.15) is 69.5 Å². The van der Waals surface area contributed by atoms with Crippen LogP contribution < -0.4 is 5.32 Å². The van der Waals surface area contributed by atoms with E-state index in [0.717, 1.165) is 25.5 Å². The maximum Gasteiger partial charge on any atom is 0.130 e. The van der Waals surface area contributed by atoms with Crippen molar-refractivity contribution in [1.82, 2.24) is 5.32 Å². The second kappa shape index (κ2) is 9.06. The smallest absolute Gasteiger partial charge is 0.130 e. The second-order valence-corrected chi connectivity index (χ2v) is 5.44. The second-order valence-electron chi connectivity index (χ2n) is 5.44. The van der Waals surface area contributed by atoms with Crippen molar-refractivity contribution in [1.29, 1.82) is 0 Å². The highest BCUT2D eigenvalue weighted by molar-refractivity contribution is 5.28. The van der Waals surface area contributed by atoms with Gasteiger partial charge in [0.05, 0.1) is 0 Å². The van der Waals surface area contributed by atoms with Crippen molar-refractivity contribution >= 4 is 0 Å². The zero-order valence-corrected chi connectivity index (χ0v) is 12.9. The van der Waals surface area contributed by atoms with Crippen molar-refractivity contribution in [3.63, 3.8) is 0 Å². The van der Waals surface area contributed by atoms with Crippen LogP contribution in [-0.2, 0) is 0 Å². The maximum atomic E-state index is 14.0. The van der Waals surface area contributed by atoms with Gasteiger partial charge in [0.1, 0.15) is 11.6 Å². The Balaban J connectivity index is 2.67. The fourth-order valence-corrected chi connectivity index (χ4v) is 2.51. The van der Waals surface area contributed by atoms with Crippen molar-refractivity contribution in [3.05, 3.63) is 34.9 Å². The molecule has 1 atom stereocenters. The van der Waals surface area contributed by atoms with Crippen LogP contribution >= 0.6 is 0 Å². The Morgan fingerprint density at radius 1 is 1.00 bits per heavy atom. The topological polar surface area (TPSA) is 12.0 Å². The Bertz CT molecular complexity index is 404. The first-order chi connectivity index (χ1) is 9.60. The quantitative estimate of drug-likeness (QED) is 0.608. The summed E-state index contributed by atoms with van der Waals surface area (Å²) in [7, 11) is 0. The molecule has 1 nitrogen and oxygen atoms in total. The van der Waals surface area contributed by atoms with E-state index in [-0.39, 0.29) is 6.04 Å². The molecule has 1 rings (SSSR count). The predicted molar refractivity (Wildman–Crippen MR) is 80.9 cm³/mol. The summed E-state index contributed by atoms with van der Waals surface area (Å²) in [5, 5.41) is 3.31. The van der Waals surface area contributed by atoms with Gasteiger partial charge in [-0.15, -0.1) is 0 Å². The fraction of sp³-hybridized carbons (Fsp3) is 0.647. The number of rotatable bonds is 9. The molecule has 0 heterocycles. The summed E-state index contributed by atoms with van der Waals surface area (Å²) < 4.78 is 27.3. The third-order valence-electron chi connectivity index (χ3n) is 3.70. The van der Waals surface area contributed by atoms with Gasteiger partial charge >= 0.3 is 0 Å². The van der Waals surface area contributed by atoms with E-state index in [0.29, 0.717) is 11.1 Å². The Morgan fingerprint density at radius 2 is 1.70 bits per heavy atom. The number of benzene rings is 1. The van der Waals surface area contributed by atoms with Crippen molar-refractivity contribution < 1.29 is 8.78 Å². The number of nitrogens with one attached hydrogen (secondary N) is 1. The predicted octanol–water partition coefficient (Wildman–Crippen LogP) is 5.28. The molecule has 0 saturated carbocycles. The number of aryl methyl sites for hydroxylation is 1.